The molecule has 0 bridgehead atoms. The van der Waals surface area contributed by atoms with E-state index in [-0.39, 0.29) is 65.0 Å². The van der Waals surface area contributed by atoms with Crippen molar-refractivity contribution in [3.8, 4) is 0 Å². The van der Waals surface area contributed by atoms with Crippen molar-refractivity contribution in [2.45, 2.75) is 403 Å². The Morgan fingerprint density at radius 3 is 1.11 bits per heavy atom. The molecule has 0 spiro atoms. The molecule has 12 aromatic heterocycles. The molecule has 149 heavy (non-hydrogen) atoms. The highest BCUT2D eigenvalue weighted by Gasteiger charge is 2.27. The number of nitrogens with one attached hydrogen (secondary N) is 2. The first-order chi connectivity index (χ1) is 68.4. The fourth-order valence-electron chi connectivity index (χ4n) is 14.3. The van der Waals surface area contributed by atoms with Gasteiger partial charge in [-0.05, 0) is 245 Å². The number of aryl methyl sites for hydroxylation is 4. The molecular formula is C132H195N17. The highest BCUT2D eigenvalue weighted by Crippen LogP contribution is 2.40. The highest BCUT2D eigenvalue weighted by atomic mass is 15.1. The van der Waals surface area contributed by atoms with Crippen LogP contribution in [0.4, 0.5) is 5.69 Å². The fraction of sp³-hybridized carbons (Fsp3) is 0.485. The van der Waals surface area contributed by atoms with Crippen molar-refractivity contribution < 1.29 is 0 Å². The quantitative estimate of drug-likeness (QED) is 0.139. The molecule has 808 valence electrons. The Hall–Kier alpha value is -12.2. The minimum atomic E-state index is 0.0707. The smallest absolute Gasteiger partial charge is 0.133 e. The molecule has 4 N–H and O–H groups in total. The third kappa shape index (κ3) is 52.7. The van der Waals surface area contributed by atoms with Gasteiger partial charge in [-0.3, -0.25) is 54.9 Å². The number of aromatic amines is 2. The minimum absolute atomic E-state index is 0.0707. The number of imidazole rings is 1. The number of allylic oxidation sites excluding steroid dienone is 4. The number of nitrogens with two attached hydrogens (primary N) is 1. The lowest BCUT2D eigenvalue weighted by Gasteiger charge is -2.21. The predicted molar refractivity (Wildman–Crippen MR) is 641 cm³/mol. The molecule has 0 fully saturated rings. The Balaban J connectivity index is 0.000000413. The number of nitrogens with zero attached hydrogens (tertiary/aromatic N) is 14. The lowest BCUT2D eigenvalue weighted by molar-refractivity contribution is 0.416. The van der Waals surface area contributed by atoms with Crippen LogP contribution in [0.2, 0.25) is 0 Å². The largest absolute Gasteiger partial charge is 0.397 e. The molecule has 3 aliphatic rings. The van der Waals surface area contributed by atoms with Crippen LogP contribution in [0.25, 0.3) is 11.6 Å². The zero-order valence-corrected chi connectivity index (χ0v) is 101. The monoisotopic (exact) mass is 2020 g/mol. The van der Waals surface area contributed by atoms with E-state index in [4.69, 9.17) is 5.73 Å². The minimum Gasteiger partial charge on any atom is -0.397 e. The van der Waals surface area contributed by atoms with Gasteiger partial charge in [0.2, 0.25) is 0 Å². The van der Waals surface area contributed by atoms with Gasteiger partial charge < -0.3 is 10.7 Å². The van der Waals surface area contributed by atoms with Gasteiger partial charge in [-0.1, -0.05) is 376 Å². The molecule has 0 saturated carbocycles. The maximum Gasteiger partial charge on any atom is 0.133 e. The molecular weight excluding hydrogens is 1820 g/mol. The summed E-state index contributed by atoms with van der Waals surface area (Å²) in [5.41, 5.74) is 36.1. The third-order valence-corrected chi connectivity index (χ3v) is 23.7. The second-order valence-electron chi connectivity index (χ2n) is 53.0. The molecule has 0 unspecified atom stereocenters. The number of H-pyrrole nitrogens is 2. The van der Waals surface area contributed by atoms with Gasteiger partial charge in [-0.15, -0.1) is 0 Å². The Labute approximate surface area is 904 Å². The Morgan fingerprint density at radius 1 is 0.309 bits per heavy atom. The van der Waals surface area contributed by atoms with E-state index in [1.807, 2.05) is 138 Å². The summed E-state index contributed by atoms with van der Waals surface area (Å²) in [6, 6.07) is 47.6. The number of aliphatic imine (C=N–C) groups is 1. The number of fused-ring (bicyclic) bond motifs is 2. The van der Waals surface area contributed by atoms with E-state index >= 15 is 0 Å². The molecule has 0 saturated heterocycles. The maximum atomic E-state index is 5.74. The summed E-state index contributed by atoms with van der Waals surface area (Å²) < 4.78 is 0. The van der Waals surface area contributed by atoms with Crippen molar-refractivity contribution in [3.63, 3.8) is 0 Å². The van der Waals surface area contributed by atoms with Crippen molar-refractivity contribution in [1.29, 1.82) is 0 Å². The highest BCUT2D eigenvalue weighted by molar-refractivity contribution is 5.81. The molecule has 17 nitrogen and oxygen atoms in total. The van der Waals surface area contributed by atoms with Crippen LogP contribution >= 0.6 is 0 Å². The number of hydrogen-bond acceptors (Lipinski definition) is 15. The van der Waals surface area contributed by atoms with E-state index in [0.29, 0.717) is 10.8 Å². The van der Waals surface area contributed by atoms with Crippen LogP contribution in [0.3, 0.4) is 0 Å². The van der Waals surface area contributed by atoms with Gasteiger partial charge >= 0.3 is 0 Å². The van der Waals surface area contributed by atoms with Crippen LogP contribution in [0, 0.1) is 38.5 Å². The summed E-state index contributed by atoms with van der Waals surface area (Å²) in [4.78, 5) is 57.2. The van der Waals surface area contributed by atoms with Crippen molar-refractivity contribution in [2.75, 3.05) is 12.3 Å². The molecule has 1 aliphatic heterocycles. The topological polar surface area (TPSA) is 238 Å². The number of aromatic nitrogens is 15. The standard InChI is InChI=1S/2C12H15N.4C10H15N.C10H14.C9H14N2.C9H15N.2C9H13N.C8H12N2.2C7H12N2/c1-12(2,3)10-6-7-11-9(10)5-4-8-13-11;1-12(2,3)10-7-8-13-11-6-4-5-9(10)11;2*1-8-7-9(5-6-11-8)10(2,3)4;2*1-8-5-6-9(7-11-8)10(2,3)4;1-10(2,3)9-7-5-4-6-8-9;1-9(2,3)7-4-5-11-6-8(7)10;1-9(2,3)6-8-4-5-10-7-8;1-9(2,3)8-5-4-6-10-7-8;1-9(2,3)8-6-4-5-7-10-8;1-8(2,3)7-9-5-4-6-10-7;1-7(2,3)6-4-8-5-9-6;1-7(2,3)6-4-8-9-5-6/h4-6,8H,7H2,1-3H3;4-5,7-8H,6H2,1-3H3;4*5-7H,1-4H3;4-8H,1-3H3;4-6H,10H2,1-3H3;4,7H,5-6H2,1-3H3;2*4-7H,1-3H3;4-6H,1-3H3;2*4-5H,1-3H3,(H,8,9). The lowest BCUT2D eigenvalue weighted by atomic mass is 9.84. The Bertz CT molecular complexity index is 5700. The van der Waals surface area contributed by atoms with Crippen LogP contribution in [0.1, 0.15) is 410 Å². The average Bonchev–Trinajstić information content (AvgIpc) is 1.67. The number of nitrogen functional groups attached to an aromatic ring is 1. The van der Waals surface area contributed by atoms with E-state index in [1.54, 1.807) is 37.3 Å². The van der Waals surface area contributed by atoms with Gasteiger partial charge in [0.05, 0.1) is 42.3 Å². The number of benzene rings is 1. The van der Waals surface area contributed by atoms with E-state index in [0.717, 1.165) is 71.4 Å². The predicted octanol–water partition coefficient (Wildman–Crippen LogP) is 34.1. The molecule has 0 radical (unpaired) electrons. The van der Waals surface area contributed by atoms with Crippen molar-refractivity contribution in [2.24, 2.45) is 15.8 Å². The SMILES string of the molecule is CC(C)(C)C1=CCc2ncccc21.CC(C)(C)CC1=CCN=C1.CC(C)(C)c1ccccc1.CC(C)(C)c1ccccn1.CC(C)(C)c1cccnc1.CC(C)(C)c1ccnc2c1C=CC2.CC(C)(C)c1ccncc1N.CC(C)(C)c1cn[nH]c1.CC(C)(C)c1cnc[nH]1.CC(C)(C)c1ncccn1.Cc1cc(C(C)(C)C)ccn1.Cc1cc(C(C)(C)C)ccn1.Cc1ccc(C(C)(C)C)cn1.Cc1ccc(C(C)(C)C)cn1. The molecule has 17 heteroatoms. The summed E-state index contributed by atoms with van der Waals surface area (Å²) in [6.07, 6.45) is 45.4. The van der Waals surface area contributed by atoms with Gasteiger partial charge in [0.1, 0.15) is 5.82 Å². The molecule has 13 aromatic rings. The van der Waals surface area contributed by atoms with E-state index in [9.17, 15) is 0 Å². The Morgan fingerprint density at radius 2 is 0.772 bits per heavy atom. The second-order valence-corrected chi connectivity index (χ2v) is 53.0. The average molecular weight is 2020 g/mol. The van der Waals surface area contributed by atoms with Gasteiger partial charge in [0.15, 0.2) is 0 Å². The fourth-order valence-corrected chi connectivity index (χ4v) is 14.3. The number of rotatable bonds is 1. The molecule has 13 heterocycles. The normalized spacial score (nSPS) is 12.6. The summed E-state index contributed by atoms with van der Waals surface area (Å²) in [6.45, 7) is 101. The van der Waals surface area contributed by atoms with Crippen LogP contribution in [-0.4, -0.2) is 87.7 Å². The first-order valence-corrected chi connectivity index (χ1v) is 52.9. The van der Waals surface area contributed by atoms with E-state index in [1.165, 1.54) is 83.9 Å². The van der Waals surface area contributed by atoms with Gasteiger partial charge in [-0.2, -0.15) is 5.10 Å². The van der Waals surface area contributed by atoms with Gasteiger partial charge in [0.25, 0.3) is 0 Å². The van der Waals surface area contributed by atoms with Crippen LogP contribution in [0.15, 0.2) is 274 Å². The summed E-state index contributed by atoms with van der Waals surface area (Å²) in [5.74, 6) is 0.898. The van der Waals surface area contributed by atoms with Crippen LogP contribution in [-0.2, 0) is 77.8 Å². The van der Waals surface area contributed by atoms with Gasteiger partial charge in [-0.25, -0.2) is 15.0 Å². The molecule has 16 rings (SSSR count). The molecule has 1 aromatic carbocycles. The summed E-state index contributed by atoms with van der Waals surface area (Å²) in [7, 11) is 0. The first-order valence-electron chi connectivity index (χ1n) is 52.9. The zero-order chi connectivity index (χ0) is 113. The van der Waals surface area contributed by atoms with Gasteiger partial charge in [0, 0.05) is 156 Å². The number of hydrogen-bond donors (Lipinski definition) is 3. The summed E-state index contributed by atoms with van der Waals surface area (Å²) >= 11 is 0. The second kappa shape index (κ2) is 58.2. The number of anilines is 1. The van der Waals surface area contributed by atoms with Crippen molar-refractivity contribution in [3.05, 3.63) is 381 Å². The van der Waals surface area contributed by atoms with E-state index < -0.39 is 0 Å². The first kappa shape index (κ1) is 131. The molecule has 0 amide bonds. The van der Waals surface area contributed by atoms with E-state index in [2.05, 4.69) is 498 Å². The third-order valence-electron chi connectivity index (χ3n) is 23.7. The van der Waals surface area contributed by atoms with Crippen molar-refractivity contribution in [1.82, 2.24) is 75.0 Å². The maximum absolute atomic E-state index is 5.74. The molecule has 2 aliphatic carbocycles. The lowest BCUT2D eigenvalue weighted by Crippen LogP contribution is -2.14. The Kier molecular flexibility index (Phi) is 51.2. The summed E-state index contributed by atoms with van der Waals surface area (Å²) in [5, 5.41) is 6.65. The zero-order valence-electron chi connectivity index (χ0n) is 101. The molecule has 0 atom stereocenters. The van der Waals surface area contributed by atoms with Crippen molar-refractivity contribution >= 4 is 23.6 Å². The number of pyridine rings is 9. The van der Waals surface area contributed by atoms with Crippen LogP contribution < -0.4 is 5.73 Å². The van der Waals surface area contributed by atoms with Crippen LogP contribution in [0.5, 0.6) is 0 Å².